The van der Waals surface area contributed by atoms with Crippen molar-refractivity contribution in [2.45, 2.75) is 26.3 Å². The Bertz CT molecular complexity index is 184. The number of hydrogen-bond donors (Lipinski definition) is 1. The van der Waals surface area contributed by atoms with Crippen LogP contribution in [0, 0.1) is 0 Å². The Morgan fingerprint density at radius 2 is 2.23 bits per heavy atom. The van der Waals surface area contributed by atoms with Crippen LogP contribution in [0.4, 0.5) is 4.79 Å². The number of alkyl carbamates (subject to hydrolysis) is 1. The largest absolute Gasteiger partial charge is 0.450 e. The maximum atomic E-state index is 10.9. The summed E-state index contributed by atoms with van der Waals surface area (Å²) >= 11 is 0. The third kappa shape index (κ3) is 7.77. The summed E-state index contributed by atoms with van der Waals surface area (Å²) in [5, 5.41) is 2.64. The fourth-order valence-corrected chi connectivity index (χ4v) is 1.47. The van der Waals surface area contributed by atoms with Crippen molar-refractivity contribution in [2.75, 3.05) is 18.6 Å². The van der Waals surface area contributed by atoms with Crippen molar-refractivity contribution in [3.8, 4) is 0 Å². The van der Waals surface area contributed by atoms with Gasteiger partial charge in [-0.25, -0.2) is 4.79 Å². The lowest BCUT2D eigenvalue weighted by atomic mass is 10.3. The molecule has 0 rings (SSSR count). The lowest BCUT2D eigenvalue weighted by Crippen LogP contribution is -2.33. The van der Waals surface area contributed by atoms with Crippen LogP contribution in [0.3, 0.4) is 0 Å². The zero-order valence-corrected chi connectivity index (χ0v) is 9.15. The normalized spacial score (nSPS) is 14.7. The van der Waals surface area contributed by atoms with E-state index >= 15 is 0 Å². The molecule has 1 N–H and O–H groups in total. The summed E-state index contributed by atoms with van der Waals surface area (Å²) < 4.78 is 15.4. The number of ether oxygens (including phenoxy) is 1. The number of rotatable bonds is 5. The van der Waals surface area contributed by atoms with Gasteiger partial charge in [-0.2, -0.15) is 0 Å². The van der Waals surface area contributed by atoms with E-state index in [0.29, 0.717) is 18.8 Å². The van der Waals surface area contributed by atoms with E-state index in [1.807, 2.05) is 6.92 Å². The molecule has 1 amide bonds. The summed E-state index contributed by atoms with van der Waals surface area (Å²) in [4.78, 5) is 10.9. The SMILES string of the molecule is CCOC(=O)NC(C)CCS(C)=O. The Morgan fingerprint density at radius 1 is 1.62 bits per heavy atom. The van der Waals surface area contributed by atoms with Crippen molar-refractivity contribution in [3.05, 3.63) is 0 Å². The molecule has 5 heteroatoms. The summed E-state index contributed by atoms with van der Waals surface area (Å²) in [7, 11) is -0.797. The number of nitrogens with one attached hydrogen (secondary N) is 1. The average Bonchev–Trinajstić information content (AvgIpc) is 2.01. The molecule has 2 atom stereocenters. The van der Waals surface area contributed by atoms with Gasteiger partial charge in [-0.3, -0.25) is 4.21 Å². The van der Waals surface area contributed by atoms with E-state index in [2.05, 4.69) is 5.32 Å². The van der Waals surface area contributed by atoms with Gasteiger partial charge >= 0.3 is 6.09 Å². The second-order valence-corrected chi connectivity index (χ2v) is 4.39. The van der Waals surface area contributed by atoms with Crippen molar-refractivity contribution < 1.29 is 13.7 Å². The Kier molecular flexibility index (Phi) is 6.58. The van der Waals surface area contributed by atoms with E-state index in [1.54, 1.807) is 13.2 Å². The Hall–Kier alpha value is -0.580. The molecule has 0 aromatic heterocycles. The molecule has 0 aliphatic rings. The first-order valence-electron chi connectivity index (χ1n) is 4.29. The Morgan fingerprint density at radius 3 is 2.69 bits per heavy atom. The fourth-order valence-electron chi connectivity index (χ4n) is 0.789. The second-order valence-electron chi connectivity index (χ2n) is 2.83. The predicted molar refractivity (Wildman–Crippen MR) is 53.2 cm³/mol. The Balaban J connectivity index is 3.55. The summed E-state index contributed by atoms with van der Waals surface area (Å²) in [5.74, 6) is 0.605. The molecular weight excluding hydrogens is 190 g/mol. The minimum atomic E-state index is -0.797. The van der Waals surface area contributed by atoms with Gasteiger partial charge in [0.25, 0.3) is 0 Å². The van der Waals surface area contributed by atoms with Crippen LogP contribution < -0.4 is 5.32 Å². The zero-order valence-electron chi connectivity index (χ0n) is 8.33. The third-order valence-electron chi connectivity index (χ3n) is 1.48. The van der Waals surface area contributed by atoms with Crippen LogP contribution >= 0.6 is 0 Å². The van der Waals surface area contributed by atoms with Crippen molar-refractivity contribution in [3.63, 3.8) is 0 Å². The molecule has 4 nitrogen and oxygen atoms in total. The topological polar surface area (TPSA) is 55.4 Å². The van der Waals surface area contributed by atoms with Crippen LogP contribution in [-0.4, -0.2) is 35.0 Å². The fraction of sp³-hybridized carbons (Fsp3) is 0.875. The first kappa shape index (κ1) is 12.4. The molecule has 78 valence electrons. The van der Waals surface area contributed by atoms with Gasteiger partial charge in [-0.15, -0.1) is 0 Å². The average molecular weight is 207 g/mol. The standard InChI is InChI=1S/C8H17NO3S/c1-4-12-8(10)9-7(2)5-6-13(3)11/h7H,4-6H2,1-3H3,(H,9,10). The van der Waals surface area contributed by atoms with Gasteiger partial charge in [0, 0.05) is 28.9 Å². The Labute approximate surface area is 81.5 Å². The molecule has 0 saturated heterocycles. The smallest absolute Gasteiger partial charge is 0.407 e. The minimum Gasteiger partial charge on any atom is -0.450 e. The van der Waals surface area contributed by atoms with Gasteiger partial charge in [-0.05, 0) is 20.3 Å². The van der Waals surface area contributed by atoms with Gasteiger partial charge < -0.3 is 10.1 Å². The van der Waals surface area contributed by atoms with Crippen LogP contribution in [-0.2, 0) is 15.5 Å². The first-order valence-corrected chi connectivity index (χ1v) is 6.02. The molecule has 13 heavy (non-hydrogen) atoms. The van der Waals surface area contributed by atoms with E-state index in [4.69, 9.17) is 4.74 Å². The van der Waals surface area contributed by atoms with Crippen molar-refractivity contribution in [1.29, 1.82) is 0 Å². The molecular formula is C8H17NO3S. The lowest BCUT2D eigenvalue weighted by molar-refractivity contribution is 0.148. The first-order chi connectivity index (χ1) is 6.06. The molecule has 2 unspecified atom stereocenters. The van der Waals surface area contributed by atoms with Crippen LogP contribution in [0.15, 0.2) is 0 Å². The van der Waals surface area contributed by atoms with Gasteiger partial charge in [-0.1, -0.05) is 0 Å². The van der Waals surface area contributed by atoms with Crippen LogP contribution in [0.25, 0.3) is 0 Å². The van der Waals surface area contributed by atoms with Gasteiger partial charge in [0.2, 0.25) is 0 Å². The molecule has 0 radical (unpaired) electrons. The van der Waals surface area contributed by atoms with Crippen LogP contribution in [0.2, 0.25) is 0 Å². The monoisotopic (exact) mass is 207 g/mol. The molecule has 0 aliphatic heterocycles. The van der Waals surface area contributed by atoms with E-state index < -0.39 is 16.9 Å². The minimum absolute atomic E-state index is 0.0166. The molecule has 0 aromatic carbocycles. The molecule has 0 aromatic rings. The molecule has 0 saturated carbocycles. The maximum Gasteiger partial charge on any atom is 0.407 e. The highest BCUT2D eigenvalue weighted by Crippen LogP contribution is 1.93. The zero-order chi connectivity index (χ0) is 10.3. The van der Waals surface area contributed by atoms with Gasteiger partial charge in [0.15, 0.2) is 0 Å². The lowest BCUT2D eigenvalue weighted by Gasteiger charge is -2.12. The van der Waals surface area contributed by atoms with Crippen LogP contribution in [0.1, 0.15) is 20.3 Å². The van der Waals surface area contributed by atoms with Gasteiger partial charge in [0.05, 0.1) is 6.61 Å². The second kappa shape index (κ2) is 6.88. The summed E-state index contributed by atoms with van der Waals surface area (Å²) in [6.07, 6.45) is 1.95. The molecule has 0 fully saturated rings. The number of hydrogen-bond acceptors (Lipinski definition) is 3. The maximum absolute atomic E-state index is 10.9. The molecule has 0 heterocycles. The third-order valence-corrected chi connectivity index (χ3v) is 2.29. The van der Waals surface area contributed by atoms with E-state index in [1.165, 1.54) is 0 Å². The van der Waals surface area contributed by atoms with Crippen molar-refractivity contribution in [1.82, 2.24) is 5.32 Å². The summed E-state index contributed by atoms with van der Waals surface area (Å²) in [6, 6.07) is 0.0166. The van der Waals surface area contributed by atoms with Crippen molar-refractivity contribution in [2.24, 2.45) is 0 Å². The van der Waals surface area contributed by atoms with Gasteiger partial charge in [0.1, 0.15) is 0 Å². The molecule has 0 aliphatic carbocycles. The quantitative estimate of drug-likeness (QED) is 0.728. The highest BCUT2D eigenvalue weighted by atomic mass is 32.2. The van der Waals surface area contributed by atoms with Crippen LogP contribution in [0.5, 0.6) is 0 Å². The highest BCUT2D eigenvalue weighted by molar-refractivity contribution is 7.84. The molecule has 0 spiro atoms. The van der Waals surface area contributed by atoms with E-state index in [0.717, 1.165) is 0 Å². The van der Waals surface area contributed by atoms with E-state index in [-0.39, 0.29) is 6.04 Å². The number of carbonyl (C=O) groups excluding carboxylic acids is 1. The number of carbonyl (C=O) groups is 1. The van der Waals surface area contributed by atoms with Crippen molar-refractivity contribution >= 4 is 16.9 Å². The number of amides is 1. The summed E-state index contributed by atoms with van der Waals surface area (Å²) in [6.45, 7) is 3.99. The predicted octanol–water partition coefficient (Wildman–Crippen LogP) is 0.890. The van der Waals surface area contributed by atoms with E-state index in [9.17, 15) is 9.00 Å². The summed E-state index contributed by atoms with van der Waals surface area (Å²) in [5.41, 5.74) is 0. The highest BCUT2D eigenvalue weighted by Gasteiger charge is 2.07. The molecule has 0 bridgehead atoms.